The first-order chi connectivity index (χ1) is 6.36. The third-order valence-corrected chi connectivity index (χ3v) is 1.67. The number of nitrogen functional groups attached to an aromatic ring is 1. The molecule has 3 N–H and O–H groups in total. The van der Waals surface area contributed by atoms with E-state index in [1.807, 2.05) is 0 Å². The molecular formula is C8H8F4N2. The molecule has 0 atom stereocenters. The van der Waals surface area contributed by atoms with E-state index < -0.39 is 17.6 Å². The second-order valence-electron chi connectivity index (χ2n) is 2.68. The van der Waals surface area contributed by atoms with Gasteiger partial charge in [-0.2, -0.15) is 13.2 Å². The smallest absolute Gasteiger partial charge is 0.399 e. The molecule has 78 valence electrons. The molecule has 0 aliphatic rings. The zero-order valence-corrected chi connectivity index (χ0v) is 7.24. The van der Waals surface area contributed by atoms with Crippen LogP contribution < -0.4 is 11.1 Å². The summed E-state index contributed by atoms with van der Waals surface area (Å²) in [6.45, 7) is 0. The Morgan fingerprint density at radius 2 is 1.86 bits per heavy atom. The van der Waals surface area contributed by atoms with Gasteiger partial charge >= 0.3 is 6.18 Å². The van der Waals surface area contributed by atoms with Crippen LogP contribution in [0.25, 0.3) is 0 Å². The molecule has 1 aromatic carbocycles. The number of nitrogens with one attached hydrogen (secondary N) is 1. The molecule has 1 rings (SSSR count). The predicted octanol–water partition coefficient (Wildman–Crippen LogP) is 2.47. The number of nitrogens with two attached hydrogens (primary N) is 1. The number of rotatable bonds is 1. The van der Waals surface area contributed by atoms with Crippen molar-refractivity contribution in [3.05, 3.63) is 23.5 Å². The van der Waals surface area contributed by atoms with Gasteiger partial charge in [0.1, 0.15) is 0 Å². The van der Waals surface area contributed by atoms with E-state index in [2.05, 4.69) is 5.32 Å². The van der Waals surface area contributed by atoms with Crippen molar-refractivity contribution >= 4 is 11.4 Å². The van der Waals surface area contributed by atoms with Gasteiger partial charge in [0.25, 0.3) is 0 Å². The van der Waals surface area contributed by atoms with Crippen LogP contribution in [0, 0.1) is 5.82 Å². The Morgan fingerprint density at radius 3 is 2.29 bits per heavy atom. The first-order valence-electron chi connectivity index (χ1n) is 3.70. The average Bonchev–Trinajstić information content (AvgIpc) is 2.06. The fourth-order valence-electron chi connectivity index (χ4n) is 1.03. The molecule has 1 aromatic rings. The maximum Gasteiger partial charge on any atom is 0.419 e. The molecule has 0 heterocycles. The largest absolute Gasteiger partial charge is 0.419 e. The predicted molar refractivity (Wildman–Crippen MR) is 45.4 cm³/mol. The van der Waals surface area contributed by atoms with Crippen LogP contribution in [0.15, 0.2) is 12.1 Å². The maximum absolute atomic E-state index is 13.1. The van der Waals surface area contributed by atoms with E-state index in [1.54, 1.807) is 0 Å². The second-order valence-corrected chi connectivity index (χ2v) is 2.68. The topological polar surface area (TPSA) is 38.0 Å². The minimum absolute atomic E-state index is 0.136. The zero-order valence-electron chi connectivity index (χ0n) is 7.24. The van der Waals surface area contributed by atoms with Gasteiger partial charge in [-0.25, -0.2) is 4.39 Å². The van der Waals surface area contributed by atoms with Crippen LogP contribution in [-0.2, 0) is 6.18 Å². The molecule has 0 aliphatic heterocycles. The highest BCUT2D eigenvalue weighted by Crippen LogP contribution is 2.35. The van der Waals surface area contributed by atoms with Crippen molar-refractivity contribution in [1.82, 2.24) is 0 Å². The first kappa shape index (κ1) is 10.6. The Kier molecular flexibility index (Phi) is 2.55. The third-order valence-electron chi connectivity index (χ3n) is 1.67. The van der Waals surface area contributed by atoms with E-state index in [1.165, 1.54) is 7.05 Å². The van der Waals surface area contributed by atoms with Gasteiger partial charge < -0.3 is 11.1 Å². The van der Waals surface area contributed by atoms with Crippen molar-refractivity contribution in [3.63, 3.8) is 0 Å². The van der Waals surface area contributed by atoms with Crippen LogP contribution in [0.5, 0.6) is 0 Å². The first-order valence-corrected chi connectivity index (χ1v) is 3.70. The average molecular weight is 208 g/mol. The molecular weight excluding hydrogens is 200 g/mol. The van der Waals surface area contributed by atoms with E-state index in [-0.39, 0.29) is 11.4 Å². The number of hydrogen-bond acceptors (Lipinski definition) is 2. The Labute approximate surface area is 77.7 Å². The standard InChI is InChI=1S/C8H8F4N2/c1-14-6-3-4(13)2-5(7(6)9)8(10,11)12/h2-3,14H,13H2,1H3. The van der Waals surface area contributed by atoms with E-state index in [0.717, 1.165) is 6.07 Å². The quantitative estimate of drug-likeness (QED) is 0.549. The Balaban J connectivity index is 3.37. The highest BCUT2D eigenvalue weighted by atomic mass is 19.4. The Bertz CT molecular complexity index is 346. The van der Waals surface area contributed by atoms with E-state index in [0.29, 0.717) is 6.07 Å². The van der Waals surface area contributed by atoms with Crippen molar-refractivity contribution in [2.45, 2.75) is 6.18 Å². The molecule has 6 heteroatoms. The third kappa shape index (κ3) is 1.89. The summed E-state index contributed by atoms with van der Waals surface area (Å²) in [5, 5.41) is 2.29. The van der Waals surface area contributed by atoms with Crippen molar-refractivity contribution < 1.29 is 17.6 Å². The van der Waals surface area contributed by atoms with Crippen molar-refractivity contribution in [1.29, 1.82) is 0 Å². The van der Waals surface area contributed by atoms with E-state index in [9.17, 15) is 17.6 Å². The summed E-state index contributed by atoms with van der Waals surface area (Å²) < 4.78 is 49.8. The molecule has 0 amide bonds. The molecule has 2 nitrogen and oxygen atoms in total. The van der Waals surface area contributed by atoms with Crippen LogP contribution >= 0.6 is 0 Å². The number of alkyl halides is 3. The van der Waals surface area contributed by atoms with Gasteiger partial charge in [-0.15, -0.1) is 0 Å². The lowest BCUT2D eigenvalue weighted by Crippen LogP contribution is -2.10. The fourth-order valence-corrected chi connectivity index (χ4v) is 1.03. The van der Waals surface area contributed by atoms with Gasteiger partial charge in [-0.05, 0) is 12.1 Å². The molecule has 14 heavy (non-hydrogen) atoms. The number of anilines is 2. The van der Waals surface area contributed by atoms with Gasteiger partial charge in [0.2, 0.25) is 0 Å². The van der Waals surface area contributed by atoms with Gasteiger partial charge in [0.05, 0.1) is 11.3 Å². The minimum Gasteiger partial charge on any atom is -0.399 e. The van der Waals surface area contributed by atoms with Gasteiger partial charge in [0, 0.05) is 12.7 Å². The second kappa shape index (κ2) is 3.36. The number of halogens is 4. The van der Waals surface area contributed by atoms with Crippen LogP contribution in [0.2, 0.25) is 0 Å². The summed E-state index contributed by atoms with van der Waals surface area (Å²) >= 11 is 0. The van der Waals surface area contributed by atoms with E-state index in [4.69, 9.17) is 5.73 Å². The lowest BCUT2D eigenvalue weighted by molar-refractivity contribution is -0.139. The number of benzene rings is 1. The van der Waals surface area contributed by atoms with Gasteiger partial charge in [-0.3, -0.25) is 0 Å². The van der Waals surface area contributed by atoms with Gasteiger partial charge in [0.15, 0.2) is 5.82 Å². The summed E-state index contributed by atoms with van der Waals surface area (Å²) in [6, 6.07) is 1.67. The molecule has 0 bridgehead atoms. The molecule has 0 aromatic heterocycles. The van der Waals surface area contributed by atoms with Crippen LogP contribution in [-0.4, -0.2) is 7.05 Å². The maximum atomic E-state index is 13.1. The summed E-state index contributed by atoms with van der Waals surface area (Å²) in [6.07, 6.45) is -4.73. The Morgan fingerprint density at radius 1 is 1.29 bits per heavy atom. The van der Waals surface area contributed by atoms with Crippen molar-refractivity contribution in [2.24, 2.45) is 0 Å². The minimum atomic E-state index is -4.73. The lowest BCUT2D eigenvalue weighted by atomic mass is 10.1. The van der Waals surface area contributed by atoms with Crippen LogP contribution in [0.1, 0.15) is 5.56 Å². The van der Waals surface area contributed by atoms with Crippen LogP contribution in [0.3, 0.4) is 0 Å². The molecule has 0 unspecified atom stereocenters. The van der Waals surface area contributed by atoms with E-state index >= 15 is 0 Å². The molecule has 0 saturated carbocycles. The Hall–Kier alpha value is -1.46. The summed E-state index contributed by atoms with van der Waals surface area (Å²) in [5.41, 5.74) is 3.43. The molecule has 0 fully saturated rings. The highest BCUT2D eigenvalue weighted by molar-refractivity contribution is 5.58. The van der Waals surface area contributed by atoms with Crippen LogP contribution in [0.4, 0.5) is 28.9 Å². The summed E-state index contributed by atoms with van der Waals surface area (Å²) in [4.78, 5) is 0. The normalized spacial score (nSPS) is 11.5. The fraction of sp³-hybridized carbons (Fsp3) is 0.250. The highest BCUT2D eigenvalue weighted by Gasteiger charge is 2.35. The summed E-state index contributed by atoms with van der Waals surface area (Å²) in [7, 11) is 1.32. The SMILES string of the molecule is CNc1cc(N)cc(C(F)(F)F)c1F. The molecule has 0 radical (unpaired) electrons. The monoisotopic (exact) mass is 208 g/mol. The summed E-state index contributed by atoms with van der Waals surface area (Å²) in [5.74, 6) is -1.34. The van der Waals surface area contributed by atoms with Crippen molar-refractivity contribution in [2.75, 3.05) is 18.1 Å². The van der Waals surface area contributed by atoms with Crippen molar-refractivity contribution in [3.8, 4) is 0 Å². The van der Waals surface area contributed by atoms with Gasteiger partial charge in [-0.1, -0.05) is 0 Å². The molecule has 0 aliphatic carbocycles. The zero-order chi connectivity index (χ0) is 10.9. The molecule has 0 spiro atoms. The lowest BCUT2D eigenvalue weighted by Gasteiger charge is -2.12. The molecule has 0 saturated heterocycles. The number of hydrogen-bond donors (Lipinski definition) is 2.